The number of hydrogen-bond acceptors (Lipinski definition) is 2. The zero-order chi connectivity index (χ0) is 11.8. The monoisotopic (exact) mass is 224 g/mol. The highest BCUT2D eigenvalue weighted by molar-refractivity contribution is 5.65. The van der Waals surface area contributed by atoms with Gasteiger partial charge < -0.3 is 10.6 Å². The Morgan fingerprint density at radius 2 is 1.59 bits per heavy atom. The van der Waals surface area contributed by atoms with Crippen molar-refractivity contribution in [2.75, 3.05) is 10.6 Å². The fraction of sp³-hybridized carbons (Fsp3) is 0.200. The molecule has 1 aliphatic rings. The van der Waals surface area contributed by atoms with Crippen molar-refractivity contribution in [2.45, 2.75) is 20.0 Å². The van der Waals surface area contributed by atoms with E-state index in [1.54, 1.807) is 0 Å². The molecule has 1 heterocycles. The molecule has 2 aromatic rings. The first-order chi connectivity index (χ1) is 8.25. The van der Waals surface area contributed by atoms with E-state index < -0.39 is 0 Å². The highest BCUT2D eigenvalue weighted by Gasteiger charge is 2.19. The minimum absolute atomic E-state index is 0.874. The largest absolute Gasteiger partial charge is 0.398 e. The molecule has 0 atom stereocenters. The summed E-state index contributed by atoms with van der Waals surface area (Å²) >= 11 is 0. The van der Waals surface area contributed by atoms with E-state index in [1.165, 1.54) is 22.4 Å². The summed E-state index contributed by atoms with van der Waals surface area (Å²) in [7, 11) is 0. The summed E-state index contributed by atoms with van der Waals surface area (Å²) in [5, 5.41) is 0. The maximum Gasteiger partial charge on any atom is 0.0436 e. The Hall–Kier alpha value is -1.96. The average molecular weight is 224 g/mol. The molecule has 3 rings (SSSR count). The molecule has 2 heteroatoms. The van der Waals surface area contributed by atoms with Gasteiger partial charge in [0.25, 0.3) is 0 Å². The fourth-order valence-corrected chi connectivity index (χ4v) is 2.49. The van der Waals surface area contributed by atoms with Crippen LogP contribution in [0.25, 0.3) is 0 Å². The summed E-state index contributed by atoms with van der Waals surface area (Å²) in [6.45, 7) is 4.06. The predicted octanol–water partition coefficient (Wildman–Crippen LogP) is 3.10. The van der Waals surface area contributed by atoms with Gasteiger partial charge in [0.05, 0.1) is 0 Å². The number of anilines is 2. The lowest BCUT2D eigenvalue weighted by Crippen LogP contribution is -2.16. The van der Waals surface area contributed by atoms with Gasteiger partial charge in [0, 0.05) is 24.5 Å². The van der Waals surface area contributed by atoms with Gasteiger partial charge in [-0.2, -0.15) is 0 Å². The van der Waals surface area contributed by atoms with Crippen LogP contribution in [0.5, 0.6) is 0 Å². The zero-order valence-corrected chi connectivity index (χ0v) is 9.98. The van der Waals surface area contributed by atoms with Gasteiger partial charge in [-0.25, -0.2) is 0 Å². The van der Waals surface area contributed by atoms with E-state index in [0.29, 0.717) is 0 Å². The zero-order valence-electron chi connectivity index (χ0n) is 9.98. The lowest BCUT2D eigenvalue weighted by atomic mass is 10.1. The number of rotatable bonds is 1. The predicted molar refractivity (Wildman–Crippen MR) is 71.9 cm³/mol. The highest BCUT2D eigenvalue weighted by Crippen LogP contribution is 2.32. The Kier molecular flexibility index (Phi) is 2.29. The van der Waals surface area contributed by atoms with Crippen LogP contribution >= 0.6 is 0 Å². The first-order valence-corrected chi connectivity index (χ1v) is 5.92. The molecule has 0 bridgehead atoms. The molecule has 0 spiro atoms. The summed E-state index contributed by atoms with van der Waals surface area (Å²) in [4.78, 5) is 2.39. The minimum Gasteiger partial charge on any atom is -0.398 e. The molecular formula is C15H16N2. The van der Waals surface area contributed by atoms with Crippen LogP contribution in [0.2, 0.25) is 0 Å². The molecule has 0 aliphatic carbocycles. The Labute approximate surface area is 102 Å². The van der Waals surface area contributed by atoms with Gasteiger partial charge in [-0.1, -0.05) is 30.3 Å². The summed E-state index contributed by atoms with van der Waals surface area (Å²) in [6.07, 6.45) is 0. The van der Waals surface area contributed by atoms with Gasteiger partial charge in [0.15, 0.2) is 0 Å². The normalized spacial score (nSPS) is 13.8. The molecule has 86 valence electrons. The van der Waals surface area contributed by atoms with E-state index in [0.717, 1.165) is 18.8 Å². The minimum atomic E-state index is 0.874. The van der Waals surface area contributed by atoms with Crippen LogP contribution in [0.15, 0.2) is 42.5 Å². The van der Waals surface area contributed by atoms with Crippen molar-refractivity contribution in [1.29, 1.82) is 0 Å². The number of nitrogens with zero attached hydrogens (tertiary/aromatic N) is 1. The summed E-state index contributed by atoms with van der Waals surface area (Å²) in [5.41, 5.74) is 12.1. The maximum absolute atomic E-state index is 5.97. The standard InChI is InChI=1S/C15H16N2/c1-11-14(16)7-4-8-15(11)17-9-12-5-2-3-6-13(12)10-17/h2-8H,9-10,16H2,1H3. The Morgan fingerprint density at radius 1 is 0.941 bits per heavy atom. The van der Waals surface area contributed by atoms with Crippen molar-refractivity contribution in [1.82, 2.24) is 0 Å². The maximum atomic E-state index is 5.97. The van der Waals surface area contributed by atoms with E-state index in [1.807, 2.05) is 12.1 Å². The molecule has 17 heavy (non-hydrogen) atoms. The van der Waals surface area contributed by atoms with Crippen LogP contribution in [0.4, 0.5) is 11.4 Å². The van der Waals surface area contributed by atoms with Crippen LogP contribution in [-0.4, -0.2) is 0 Å². The Balaban J connectivity index is 1.97. The van der Waals surface area contributed by atoms with Gasteiger partial charge in [-0.15, -0.1) is 0 Å². The molecule has 2 N–H and O–H groups in total. The van der Waals surface area contributed by atoms with Gasteiger partial charge >= 0.3 is 0 Å². The Bertz CT molecular complexity index is 536. The average Bonchev–Trinajstić information content (AvgIpc) is 2.76. The highest BCUT2D eigenvalue weighted by atomic mass is 15.1. The van der Waals surface area contributed by atoms with Crippen LogP contribution < -0.4 is 10.6 Å². The van der Waals surface area contributed by atoms with Crippen LogP contribution in [0, 0.1) is 6.92 Å². The van der Waals surface area contributed by atoms with E-state index in [-0.39, 0.29) is 0 Å². The van der Waals surface area contributed by atoms with Crippen molar-refractivity contribution in [3.05, 3.63) is 59.2 Å². The van der Waals surface area contributed by atoms with Gasteiger partial charge in [-0.05, 0) is 35.7 Å². The van der Waals surface area contributed by atoms with E-state index in [2.05, 4.69) is 42.2 Å². The third-order valence-electron chi connectivity index (χ3n) is 3.53. The SMILES string of the molecule is Cc1c(N)cccc1N1Cc2ccccc2C1. The number of hydrogen-bond donors (Lipinski definition) is 1. The number of nitrogens with two attached hydrogens (primary N) is 1. The van der Waals surface area contributed by atoms with Crippen molar-refractivity contribution in [3.8, 4) is 0 Å². The van der Waals surface area contributed by atoms with Crippen LogP contribution in [0.3, 0.4) is 0 Å². The third-order valence-corrected chi connectivity index (χ3v) is 3.53. The van der Waals surface area contributed by atoms with E-state index in [9.17, 15) is 0 Å². The summed E-state index contributed by atoms with van der Waals surface area (Å²) in [5.74, 6) is 0. The molecule has 0 radical (unpaired) electrons. The molecule has 0 aromatic heterocycles. The first kappa shape index (κ1) is 10.2. The summed E-state index contributed by atoms with van der Waals surface area (Å²) in [6, 6.07) is 14.8. The molecule has 2 aromatic carbocycles. The molecule has 2 nitrogen and oxygen atoms in total. The summed E-state index contributed by atoms with van der Waals surface area (Å²) < 4.78 is 0. The quantitative estimate of drug-likeness (QED) is 0.754. The second-order valence-electron chi connectivity index (χ2n) is 4.62. The molecule has 1 aliphatic heterocycles. The lowest BCUT2D eigenvalue weighted by Gasteiger charge is -2.21. The molecule has 0 saturated heterocycles. The topological polar surface area (TPSA) is 29.3 Å². The number of nitrogen functional groups attached to an aromatic ring is 1. The number of fused-ring (bicyclic) bond motifs is 1. The molecular weight excluding hydrogens is 208 g/mol. The molecule has 0 fully saturated rings. The van der Waals surface area contributed by atoms with Gasteiger partial charge in [-0.3, -0.25) is 0 Å². The van der Waals surface area contributed by atoms with Gasteiger partial charge in [0.1, 0.15) is 0 Å². The third kappa shape index (κ3) is 1.66. The van der Waals surface area contributed by atoms with Crippen LogP contribution in [0.1, 0.15) is 16.7 Å². The van der Waals surface area contributed by atoms with Crippen molar-refractivity contribution in [3.63, 3.8) is 0 Å². The first-order valence-electron chi connectivity index (χ1n) is 5.92. The lowest BCUT2D eigenvalue weighted by molar-refractivity contribution is 0.876. The van der Waals surface area contributed by atoms with Crippen LogP contribution in [-0.2, 0) is 13.1 Å². The van der Waals surface area contributed by atoms with Gasteiger partial charge in [0.2, 0.25) is 0 Å². The fourth-order valence-electron chi connectivity index (χ4n) is 2.49. The molecule has 0 unspecified atom stereocenters. The van der Waals surface area contributed by atoms with Crippen molar-refractivity contribution in [2.24, 2.45) is 0 Å². The van der Waals surface area contributed by atoms with Crippen molar-refractivity contribution >= 4 is 11.4 Å². The second kappa shape index (κ2) is 3.81. The second-order valence-corrected chi connectivity index (χ2v) is 4.62. The van der Waals surface area contributed by atoms with Crippen molar-refractivity contribution < 1.29 is 0 Å². The Morgan fingerprint density at radius 3 is 2.24 bits per heavy atom. The van der Waals surface area contributed by atoms with E-state index in [4.69, 9.17) is 5.73 Å². The van der Waals surface area contributed by atoms with E-state index >= 15 is 0 Å². The molecule has 0 saturated carbocycles. The molecule has 0 amide bonds. The smallest absolute Gasteiger partial charge is 0.0436 e. The number of benzene rings is 2.